The Kier molecular flexibility index (Phi) is 5.36. The van der Waals surface area contributed by atoms with Crippen LogP contribution in [0.4, 0.5) is 0 Å². The molecule has 0 aliphatic carbocycles. The van der Waals surface area contributed by atoms with Gasteiger partial charge in [-0.05, 0) is 23.4 Å². The molecule has 0 bridgehead atoms. The highest BCUT2D eigenvalue weighted by Gasteiger charge is 2.30. The zero-order valence-corrected chi connectivity index (χ0v) is 15.8. The van der Waals surface area contributed by atoms with Crippen molar-refractivity contribution in [1.82, 2.24) is 15.0 Å². The Hall–Kier alpha value is -2.12. The zero-order chi connectivity index (χ0) is 17.8. The lowest BCUT2D eigenvalue weighted by Crippen LogP contribution is -2.30. The lowest BCUT2D eigenvalue weighted by atomic mass is 10.1. The van der Waals surface area contributed by atoms with Crippen LogP contribution in [0.25, 0.3) is 11.5 Å². The van der Waals surface area contributed by atoms with E-state index in [2.05, 4.69) is 22.3 Å². The van der Waals surface area contributed by atoms with Crippen molar-refractivity contribution >= 4 is 29.0 Å². The first kappa shape index (κ1) is 17.3. The SMILES string of the molecule is O=C(CSCc1ccccc1)N1CC[C@@H](c2noc(-c3ccsc3)n2)C1. The van der Waals surface area contributed by atoms with Crippen LogP contribution in [0, 0.1) is 0 Å². The molecule has 134 valence electrons. The number of hydrogen-bond donors (Lipinski definition) is 0. The van der Waals surface area contributed by atoms with Crippen LogP contribution in [0.2, 0.25) is 0 Å². The fourth-order valence-electron chi connectivity index (χ4n) is 3.02. The molecule has 1 aliphatic rings. The third-order valence-corrected chi connectivity index (χ3v) is 6.12. The van der Waals surface area contributed by atoms with Crippen LogP contribution in [0.5, 0.6) is 0 Å². The Labute approximate surface area is 160 Å². The van der Waals surface area contributed by atoms with E-state index in [1.54, 1.807) is 23.1 Å². The average molecular weight is 386 g/mol. The van der Waals surface area contributed by atoms with Gasteiger partial charge in [0.15, 0.2) is 5.82 Å². The smallest absolute Gasteiger partial charge is 0.258 e. The summed E-state index contributed by atoms with van der Waals surface area (Å²) in [6.07, 6.45) is 0.887. The Bertz CT molecular complexity index is 849. The molecule has 1 aromatic carbocycles. The van der Waals surface area contributed by atoms with E-state index in [-0.39, 0.29) is 11.8 Å². The molecule has 0 radical (unpaired) electrons. The van der Waals surface area contributed by atoms with Crippen molar-refractivity contribution in [1.29, 1.82) is 0 Å². The van der Waals surface area contributed by atoms with Gasteiger partial charge < -0.3 is 9.42 Å². The van der Waals surface area contributed by atoms with Gasteiger partial charge in [0.1, 0.15) is 0 Å². The van der Waals surface area contributed by atoms with Crippen molar-refractivity contribution in [2.45, 2.75) is 18.1 Å². The standard InChI is InChI=1S/C19H19N3O2S2/c23-17(13-26-11-14-4-2-1-3-5-14)22-8-6-15(10-22)18-20-19(24-21-18)16-7-9-25-12-16/h1-5,7,9,12,15H,6,8,10-11,13H2/t15-/m1/s1. The number of likely N-dealkylation sites (tertiary alicyclic amines) is 1. The van der Waals surface area contributed by atoms with E-state index in [0.717, 1.165) is 24.3 Å². The van der Waals surface area contributed by atoms with Gasteiger partial charge in [-0.3, -0.25) is 4.79 Å². The lowest BCUT2D eigenvalue weighted by Gasteiger charge is -2.15. The highest BCUT2D eigenvalue weighted by atomic mass is 32.2. The quantitative estimate of drug-likeness (QED) is 0.641. The van der Waals surface area contributed by atoms with Crippen LogP contribution in [0.1, 0.15) is 23.7 Å². The van der Waals surface area contributed by atoms with E-state index >= 15 is 0 Å². The van der Waals surface area contributed by atoms with E-state index in [0.29, 0.717) is 24.0 Å². The minimum Gasteiger partial charge on any atom is -0.341 e. The van der Waals surface area contributed by atoms with Gasteiger partial charge in [-0.15, -0.1) is 11.8 Å². The van der Waals surface area contributed by atoms with Gasteiger partial charge in [0.2, 0.25) is 5.91 Å². The predicted molar refractivity (Wildman–Crippen MR) is 104 cm³/mol. The van der Waals surface area contributed by atoms with Crippen LogP contribution < -0.4 is 0 Å². The number of rotatable bonds is 6. The Morgan fingerprint density at radius 3 is 3.00 bits per heavy atom. The van der Waals surface area contributed by atoms with Crippen LogP contribution in [-0.2, 0) is 10.5 Å². The number of carbonyl (C=O) groups excluding carboxylic acids is 1. The van der Waals surface area contributed by atoms with Crippen molar-refractivity contribution in [3.8, 4) is 11.5 Å². The number of amides is 1. The first-order chi connectivity index (χ1) is 12.8. The molecule has 1 atom stereocenters. The Balaban J connectivity index is 1.28. The van der Waals surface area contributed by atoms with Gasteiger partial charge in [0.25, 0.3) is 5.89 Å². The molecule has 1 saturated heterocycles. The maximum Gasteiger partial charge on any atom is 0.258 e. The molecule has 0 spiro atoms. The molecule has 3 aromatic rings. The average Bonchev–Trinajstić information content (AvgIpc) is 3.42. The predicted octanol–water partition coefficient (Wildman–Crippen LogP) is 4.05. The molecule has 1 amide bonds. The Morgan fingerprint density at radius 1 is 1.31 bits per heavy atom. The monoisotopic (exact) mass is 385 g/mol. The molecule has 0 N–H and O–H groups in total. The summed E-state index contributed by atoms with van der Waals surface area (Å²) in [5.41, 5.74) is 2.20. The molecule has 26 heavy (non-hydrogen) atoms. The fourth-order valence-corrected chi connectivity index (χ4v) is 4.54. The van der Waals surface area contributed by atoms with E-state index in [4.69, 9.17) is 4.52 Å². The van der Waals surface area contributed by atoms with Crippen LogP contribution in [0.3, 0.4) is 0 Å². The van der Waals surface area contributed by atoms with Crippen LogP contribution >= 0.6 is 23.1 Å². The Morgan fingerprint density at radius 2 is 2.19 bits per heavy atom. The first-order valence-electron chi connectivity index (χ1n) is 8.55. The van der Waals surface area contributed by atoms with E-state index < -0.39 is 0 Å². The van der Waals surface area contributed by atoms with Gasteiger partial charge >= 0.3 is 0 Å². The number of aromatic nitrogens is 2. The third kappa shape index (κ3) is 3.99. The lowest BCUT2D eigenvalue weighted by molar-refractivity contribution is -0.127. The molecule has 1 aliphatic heterocycles. The van der Waals surface area contributed by atoms with Crippen molar-refractivity contribution in [3.63, 3.8) is 0 Å². The van der Waals surface area contributed by atoms with E-state index in [1.165, 1.54) is 5.56 Å². The van der Waals surface area contributed by atoms with Gasteiger partial charge in [0, 0.05) is 30.1 Å². The first-order valence-corrected chi connectivity index (χ1v) is 10.6. The number of hydrogen-bond acceptors (Lipinski definition) is 6. The van der Waals surface area contributed by atoms with Crippen LogP contribution in [0.15, 0.2) is 51.7 Å². The van der Waals surface area contributed by atoms with E-state index in [9.17, 15) is 4.79 Å². The van der Waals surface area contributed by atoms with Gasteiger partial charge in [-0.1, -0.05) is 35.5 Å². The normalized spacial score (nSPS) is 16.9. The summed E-state index contributed by atoms with van der Waals surface area (Å²) in [5, 5.41) is 8.11. The summed E-state index contributed by atoms with van der Waals surface area (Å²) in [5.74, 6) is 2.99. The summed E-state index contributed by atoms with van der Waals surface area (Å²) in [6, 6.07) is 12.2. The third-order valence-electron chi connectivity index (χ3n) is 4.45. The zero-order valence-electron chi connectivity index (χ0n) is 14.2. The summed E-state index contributed by atoms with van der Waals surface area (Å²) in [4.78, 5) is 18.9. The number of thiophene rings is 1. The highest BCUT2D eigenvalue weighted by molar-refractivity contribution is 7.99. The van der Waals surface area contributed by atoms with Crippen molar-refractivity contribution in [3.05, 3.63) is 58.5 Å². The molecular weight excluding hydrogens is 366 g/mol. The number of nitrogens with zero attached hydrogens (tertiary/aromatic N) is 3. The molecule has 4 rings (SSSR count). The summed E-state index contributed by atoms with van der Waals surface area (Å²) >= 11 is 3.26. The van der Waals surface area contributed by atoms with E-state index in [1.807, 2.05) is 39.9 Å². The topological polar surface area (TPSA) is 59.2 Å². The largest absolute Gasteiger partial charge is 0.341 e. The number of benzene rings is 1. The molecule has 3 heterocycles. The minimum atomic E-state index is 0.161. The van der Waals surface area contributed by atoms with Crippen molar-refractivity contribution in [2.75, 3.05) is 18.8 Å². The number of thioether (sulfide) groups is 1. The summed E-state index contributed by atoms with van der Waals surface area (Å²) in [6.45, 7) is 1.44. The second-order valence-corrected chi connectivity index (χ2v) is 8.04. The van der Waals surface area contributed by atoms with Gasteiger partial charge in [-0.2, -0.15) is 16.3 Å². The molecule has 5 nitrogen and oxygen atoms in total. The molecule has 0 unspecified atom stereocenters. The summed E-state index contributed by atoms with van der Waals surface area (Å²) < 4.78 is 5.37. The highest BCUT2D eigenvalue weighted by Crippen LogP contribution is 2.28. The molecule has 0 saturated carbocycles. The minimum absolute atomic E-state index is 0.161. The second-order valence-electron chi connectivity index (χ2n) is 6.27. The van der Waals surface area contributed by atoms with Gasteiger partial charge in [-0.25, -0.2) is 0 Å². The molecule has 2 aromatic heterocycles. The van der Waals surface area contributed by atoms with Crippen molar-refractivity contribution < 1.29 is 9.32 Å². The fraction of sp³-hybridized carbons (Fsp3) is 0.316. The maximum atomic E-state index is 12.4. The molecule has 7 heteroatoms. The van der Waals surface area contributed by atoms with Crippen LogP contribution in [-0.4, -0.2) is 39.8 Å². The summed E-state index contributed by atoms with van der Waals surface area (Å²) in [7, 11) is 0. The maximum absolute atomic E-state index is 12.4. The van der Waals surface area contributed by atoms with Crippen molar-refractivity contribution in [2.24, 2.45) is 0 Å². The number of carbonyl (C=O) groups is 1. The molecular formula is C19H19N3O2S2. The van der Waals surface area contributed by atoms with Gasteiger partial charge in [0.05, 0.1) is 11.3 Å². The second kappa shape index (κ2) is 8.05. The molecule has 1 fully saturated rings.